The van der Waals surface area contributed by atoms with Crippen LogP contribution < -0.4 is 5.73 Å². The molecule has 2 heterocycles. The molecule has 7 heteroatoms. The van der Waals surface area contributed by atoms with E-state index in [4.69, 9.17) is 5.73 Å². The van der Waals surface area contributed by atoms with Crippen molar-refractivity contribution in [2.45, 2.75) is 13.3 Å². The normalized spacial score (nSPS) is 16.7. The van der Waals surface area contributed by atoms with Gasteiger partial charge in [0.05, 0.1) is 11.4 Å². The van der Waals surface area contributed by atoms with Crippen molar-refractivity contribution < 1.29 is 9.59 Å². The van der Waals surface area contributed by atoms with Crippen molar-refractivity contribution in [1.82, 2.24) is 19.6 Å². The van der Waals surface area contributed by atoms with Gasteiger partial charge in [-0.2, -0.15) is 5.10 Å². The molecule has 1 aromatic heterocycles. The largest absolute Gasteiger partial charge is 0.395 e. The van der Waals surface area contributed by atoms with Crippen LogP contribution in [0.1, 0.15) is 22.6 Å². The fourth-order valence-electron chi connectivity index (χ4n) is 2.24. The average Bonchev–Trinajstić information content (AvgIpc) is 2.49. The first-order chi connectivity index (χ1) is 8.91. The number of aryl methyl sites for hydroxylation is 2. The number of anilines is 1. The predicted octanol–water partition coefficient (Wildman–Crippen LogP) is -0.385. The Balaban J connectivity index is 2.26. The molecule has 1 fully saturated rings. The van der Waals surface area contributed by atoms with Gasteiger partial charge in [-0.1, -0.05) is 0 Å². The molecule has 7 nitrogen and oxygen atoms in total. The zero-order valence-electron chi connectivity index (χ0n) is 11.5. The van der Waals surface area contributed by atoms with Gasteiger partial charge in [0.25, 0.3) is 5.91 Å². The number of rotatable bonds is 1. The number of nitrogen functional groups attached to an aromatic ring is 1. The summed E-state index contributed by atoms with van der Waals surface area (Å²) in [6.45, 7) is 3.08. The maximum Gasteiger partial charge on any atom is 0.274 e. The number of amides is 2. The summed E-state index contributed by atoms with van der Waals surface area (Å²) in [6.07, 6.45) is 0.769. The van der Waals surface area contributed by atoms with Crippen LogP contribution in [-0.4, -0.2) is 58.1 Å². The predicted molar refractivity (Wildman–Crippen MR) is 70.5 cm³/mol. The first-order valence-electron chi connectivity index (χ1n) is 6.24. The van der Waals surface area contributed by atoms with Gasteiger partial charge < -0.3 is 15.5 Å². The van der Waals surface area contributed by atoms with Crippen molar-refractivity contribution in [2.24, 2.45) is 7.05 Å². The van der Waals surface area contributed by atoms with E-state index in [1.807, 2.05) is 0 Å². The topological polar surface area (TPSA) is 84.5 Å². The second-order valence-electron chi connectivity index (χ2n) is 4.87. The Morgan fingerprint density at radius 1 is 1.32 bits per heavy atom. The Hall–Kier alpha value is -2.05. The van der Waals surface area contributed by atoms with Crippen LogP contribution in [0, 0.1) is 6.92 Å². The Morgan fingerprint density at radius 2 is 2.00 bits per heavy atom. The second-order valence-corrected chi connectivity index (χ2v) is 4.87. The molecule has 104 valence electrons. The third kappa shape index (κ3) is 2.40. The molecule has 19 heavy (non-hydrogen) atoms. The van der Waals surface area contributed by atoms with E-state index in [9.17, 15) is 9.59 Å². The minimum Gasteiger partial charge on any atom is -0.395 e. The molecular weight excluding hydrogens is 246 g/mol. The highest BCUT2D eigenvalue weighted by Gasteiger charge is 2.27. The van der Waals surface area contributed by atoms with Gasteiger partial charge in [0.2, 0.25) is 5.91 Å². The minimum atomic E-state index is -0.232. The van der Waals surface area contributed by atoms with Gasteiger partial charge in [-0.05, 0) is 13.3 Å². The molecule has 0 unspecified atom stereocenters. The van der Waals surface area contributed by atoms with Crippen molar-refractivity contribution in [3.05, 3.63) is 11.4 Å². The van der Waals surface area contributed by atoms with Gasteiger partial charge in [-0.3, -0.25) is 14.3 Å². The van der Waals surface area contributed by atoms with Gasteiger partial charge >= 0.3 is 0 Å². The molecule has 1 aliphatic rings. The maximum atomic E-state index is 12.5. The first-order valence-corrected chi connectivity index (χ1v) is 6.24. The van der Waals surface area contributed by atoms with Gasteiger partial charge in [-0.15, -0.1) is 0 Å². The first kappa shape index (κ1) is 13.4. The van der Waals surface area contributed by atoms with Gasteiger partial charge in [-0.25, -0.2) is 0 Å². The molecule has 0 radical (unpaired) electrons. The van der Waals surface area contributed by atoms with Crippen molar-refractivity contribution in [1.29, 1.82) is 0 Å². The number of carbonyl (C=O) groups excluding carboxylic acids is 2. The van der Waals surface area contributed by atoms with E-state index in [0.29, 0.717) is 30.2 Å². The van der Waals surface area contributed by atoms with Crippen LogP contribution in [0.5, 0.6) is 0 Å². The zero-order chi connectivity index (χ0) is 14.2. The average molecular weight is 265 g/mol. The highest BCUT2D eigenvalue weighted by atomic mass is 16.2. The zero-order valence-corrected chi connectivity index (χ0v) is 11.5. The molecule has 0 spiro atoms. The standard InChI is InChI=1S/C12H19N5O2/c1-8-10(13)11(16(3)14-8)12(19)17-6-4-5-15(2)9(18)7-17/h4-7,13H2,1-3H3. The Kier molecular flexibility index (Phi) is 3.46. The Bertz CT molecular complexity index is 522. The number of aromatic nitrogens is 2. The lowest BCUT2D eigenvalue weighted by Gasteiger charge is -2.20. The fourth-order valence-corrected chi connectivity index (χ4v) is 2.24. The highest BCUT2D eigenvalue weighted by molar-refractivity contribution is 5.99. The van der Waals surface area contributed by atoms with Crippen LogP contribution in [0.2, 0.25) is 0 Å². The van der Waals surface area contributed by atoms with E-state index in [1.165, 1.54) is 4.68 Å². The number of carbonyl (C=O) groups is 2. The Morgan fingerprint density at radius 3 is 2.58 bits per heavy atom. The molecule has 0 bridgehead atoms. The lowest BCUT2D eigenvalue weighted by molar-refractivity contribution is -0.129. The number of hydrogen-bond acceptors (Lipinski definition) is 4. The fraction of sp³-hybridized carbons (Fsp3) is 0.583. The van der Waals surface area contributed by atoms with E-state index in [0.717, 1.165) is 6.42 Å². The minimum absolute atomic E-state index is 0.0525. The number of nitrogens with two attached hydrogens (primary N) is 1. The molecule has 0 atom stereocenters. The lowest BCUT2D eigenvalue weighted by Crippen LogP contribution is -2.39. The summed E-state index contributed by atoms with van der Waals surface area (Å²) in [4.78, 5) is 27.5. The van der Waals surface area contributed by atoms with Crippen LogP contribution in [-0.2, 0) is 11.8 Å². The number of likely N-dealkylation sites (N-methyl/N-ethyl adjacent to an activating group) is 1. The summed E-state index contributed by atoms with van der Waals surface area (Å²) < 4.78 is 1.48. The molecule has 2 amide bonds. The summed E-state index contributed by atoms with van der Waals surface area (Å²) in [6, 6.07) is 0. The van der Waals surface area contributed by atoms with Crippen LogP contribution in [0.25, 0.3) is 0 Å². The molecule has 0 saturated carbocycles. The molecular formula is C12H19N5O2. The quantitative estimate of drug-likeness (QED) is 0.750. The summed E-state index contributed by atoms with van der Waals surface area (Å²) in [5, 5.41) is 4.13. The van der Waals surface area contributed by atoms with Crippen molar-refractivity contribution in [2.75, 3.05) is 32.4 Å². The summed E-state index contributed by atoms with van der Waals surface area (Å²) in [5.74, 6) is -0.285. The van der Waals surface area contributed by atoms with Gasteiger partial charge in [0.15, 0.2) is 0 Å². The van der Waals surface area contributed by atoms with E-state index < -0.39 is 0 Å². The summed E-state index contributed by atoms with van der Waals surface area (Å²) >= 11 is 0. The lowest BCUT2D eigenvalue weighted by atomic mass is 10.2. The van der Waals surface area contributed by atoms with Crippen LogP contribution in [0.15, 0.2) is 0 Å². The van der Waals surface area contributed by atoms with Gasteiger partial charge in [0.1, 0.15) is 12.2 Å². The highest BCUT2D eigenvalue weighted by Crippen LogP contribution is 2.18. The molecule has 1 aliphatic heterocycles. The monoisotopic (exact) mass is 265 g/mol. The number of hydrogen-bond donors (Lipinski definition) is 1. The van der Waals surface area contributed by atoms with Gasteiger partial charge in [0, 0.05) is 27.2 Å². The molecule has 1 saturated heterocycles. The van der Waals surface area contributed by atoms with E-state index in [-0.39, 0.29) is 18.4 Å². The third-order valence-corrected chi connectivity index (χ3v) is 3.43. The van der Waals surface area contributed by atoms with Crippen LogP contribution in [0.4, 0.5) is 5.69 Å². The van der Waals surface area contributed by atoms with E-state index in [2.05, 4.69) is 5.10 Å². The number of nitrogens with zero attached hydrogens (tertiary/aromatic N) is 4. The van der Waals surface area contributed by atoms with Crippen LogP contribution >= 0.6 is 0 Å². The third-order valence-electron chi connectivity index (χ3n) is 3.43. The van der Waals surface area contributed by atoms with Crippen molar-refractivity contribution >= 4 is 17.5 Å². The Labute approximate surface area is 111 Å². The molecule has 2 rings (SSSR count). The van der Waals surface area contributed by atoms with Crippen LogP contribution in [0.3, 0.4) is 0 Å². The second kappa shape index (κ2) is 4.91. The maximum absolute atomic E-state index is 12.5. The van der Waals surface area contributed by atoms with E-state index >= 15 is 0 Å². The molecule has 1 aromatic rings. The molecule has 2 N–H and O–H groups in total. The van der Waals surface area contributed by atoms with Crippen molar-refractivity contribution in [3.8, 4) is 0 Å². The molecule has 0 aliphatic carbocycles. The van der Waals surface area contributed by atoms with E-state index in [1.54, 1.807) is 30.8 Å². The summed E-state index contributed by atoms with van der Waals surface area (Å²) in [7, 11) is 3.43. The SMILES string of the molecule is Cc1nn(C)c(C(=O)N2CCCN(C)C(=O)C2)c1N. The summed E-state index contributed by atoms with van der Waals surface area (Å²) in [5.41, 5.74) is 7.26. The smallest absolute Gasteiger partial charge is 0.274 e. The molecule has 0 aromatic carbocycles. The van der Waals surface area contributed by atoms with Crippen molar-refractivity contribution in [3.63, 3.8) is 0 Å².